The summed E-state index contributed by atoms with van der Waals surface area (Å²) >= 11 is 1.52. The highest BCUT2D eigenvalue weighted by Gasteiger charge is 2.23. The summed E-state index contributed by atoms with van der Waals surface area (Å²) in [6.45, 7) is 4.11. The van der Waals surface area contributed by atoms with Crippen molar-refractivity contribution < 1.29 is 19.2 Å². The van der Waals surface area contributed by atoms with Gasteiger partial charge in [0.15, 0.2) is 6.61 Å². The molecule has 1 atom stereocenters. The summed E-state index contributed by atoms with van der Waals surface area (Å²) < 4.78 is 6.11. The van der Waals surface area contributed by atoms with Gasteiger partial charge in [0.1, 0.15) is 17.9 Å². The number of aryl methyl sites for hydroxylation is 1. The van der Waals surface area contributed by atoms with Gasteiger partial charge in [0.05, 0.1) is 11.0 Å². The van der Waals surface area contributed by atoms with Gasteiger partial charge in [-0.1, -0.05) is 6.07 Å². The highest BCUT2D eigenvalue weighted by atomic mass is 32.1. The molecule has 0 spiro atoms. The SMILES string of the molecule is Cc1nn(CC(=O)OCC(=O)N[C@H](C)c2cccs2)c(C)c1[N+](=O)[O-]. The van der Waals surface area contributed by atoms with Crippen LogP contribution in [0.4, 0.5) is 5.69 Å². The molecule has 0 bridgehead atoms. The van der Waals surface area contributed by atoms with Crippen molar-refractivity contribution in [3.63, 3.8) is 0 Å². The molecule has 10 heteroatoms. The van der Waals surface area contributed by atoms with E-state index in [4.69, 9.17) is 4.74 Å². The number of ether oxygens (including phenoxy) is 1. The molecule has 2 heterocycles. The normalized spacial score (nSPS) is 11.8. The number of aromatic nitrogens is 2. The highest BCUT2D eigenvalue weighted by molar-refractivity contribution is 7.10. The zero-order valence-corrected chi connectivity index (χ0v) is 14.8. The van der Waals surface area contributed by atoms with Gasteiger partial charge in [-0.2, -0.15) is 5.10 Å². The quantitative estimate of drug-likeness (QED) is 0.454. The standard InChI is InChI=1S/C15H18N4O5S/c1-9(12-5-4-6-25-12)16-13(20)8-24-14(21)7-18-11(3)15(19(22)23)10(2)17-18/h4-6,9H,7-8H2,1-3H3,(H,16,20)/t9-/m1/s1. The van der Waals surface area contributed by atoms with E-state index in [1.165, 1.54) is 29.9 Å². The van der Waals surface area contributed by atoms with E-state index < -0.39 is 23.4 Å². The molecule has 2 aromatic rings. The Kier molecular flexibility index (Phi) is 5.86. The van der Waals surface area contributed by atoms with E-state index in [1.807, 2.05) is 24.4 Å². The van der Waals surface area contributed by atoms with Crippen molar-refractivity contribution >= 4 is 28.9 Å². The van der Waals surface area contributed by atoms with Gasteiger partial charge in [-0.25, -0.2) is 0 Å². The van der Waals surface area contributed by atoms with Crippen LogP contribution in [0.3, 0.4) is 0 Å². The van der Waals surface area contributed by atoms with E-state index >= 15 is 0 Å². The van der Waals surface area contributed by atoms with Crippen LogP contribution < -0.4 is 5.32 Å². The lowest BCUT2D eigenvalue weighted by molar-refractivity contribution is -0.386. The molecule has 0 aliphatic rings. The Bertz CT molecular complexity index is 784. The Labute approximate surface area is 147 Å². The van der Waals surface area contributed by atoms with Crippen LogP contribution >= 0.6 is 11.3 Å². The Hall–Kier alpha value is -2.75. The first-order valence-electron chi connectivity index (χ1n) is 7.46. The number of nitrogens with one attached hydrogen (secondary N) is 1. The van der Waals surface area contributed by atoms with Gasteiger partial charge < -0.3 is 10.1 Å². The predicted octanol–water partition coefficient (Wildman–Crippen LogP) is 1.89. The average Bonchev–Trinajstić information content (AvgIpc) is 3.14. The van der Waals surface area contributed by atoms with E-state index in [2.05, 4.69) is 10.4 Å². The maximum absolute atomic E-state index is 11.8. The lowest BCUT2D eigenvalue weighted by atomic mass is 10.3. The molecule has 0 saturated heterocycles. The molecule has 0 aliphatic heterocycles. The lowest BCUT2D eigenvalue weighted by Crippen LogP contribution is -2.31. The summed E-state index contributed by atoms with van der Waals surface area (Å²) in [5, 5.41) is 19.5. The fraction of sp³-hybridized carbons (Fsp3) is 0.400. The molecule has 25 heavy (non-hydrogen) atoms. The fourth-order valence-corrected chi connectivity index (χ4v) is 3.05. The topological polar surface area (TPSA) is 116 Å². The van der Waals surface area contributed by atoms with Gasteiger partial charge in [0.25, 0.3) is 5.91 Å². The van der Waals surface area contributed by atoms with E-state index in [0.29, 0.717) is 0 Å². The van der Waals surface area contributed by atoms with Gasteiger partial charge >= 0.3 is 11.7 Å². The van der Waals surface area contributed by atoms with Crippen molar-refractivity contribution in [2.24, 2.45) is 0 Å². The van der Waals surface area contributed by atoms with Gasteiger partial charge in [-0.05, 0) is 32.2 Å². The molecule has 0 radical (unpaired) electrons. The lowest BCUT2D eigenvalue weighted by Gasteiger charge is -2.12. The third-order valence-corrected chi connectivity index (χ3v) is 4.57. The first kappa shape index (κ1) is 18.6. The average molecular weight is 366 g/mol. The number of esters is 1. The molecule has 9 nitrogen and oxygen atoms in total. The zero-order chi connectivity index (χ0) is 18.6. The molecular weight excluding hydrogens is 348 g/mol. The van der Waals surface area contributed by atoms with Crippen molar-refractivity contribution in [3.8, 4) is 0 Å². The summed E-state index contributed by atoms with van der Waals surface area (Å²) in [7, 11) is 0. The number of carbonyl (C=O) groups is 2. The summed E-state index contributed by atoms with van der Waals surface area (Å²) in [4.78, 5) is 35.1. The first-order chi connectivity index (χ1) is 11.8. The summed E-state index contributed by atoms with van der Waals surface area (Å²) in [5.74, 6) is -1.12. The number of carbonyl (C=O) groups excluding carboxylic acids is 2. The Morgan fingerprint density at radius 1 is 1.48 bits per heavy atom. The first-order valence-corrected chi connectivity index (χ1v) is 8.34. The molecule has 0 aliphatic carbocycles. The van der Waals surface area contributed by atoms with Gasteiger partial charge in [-0.3, -0.25) is 24.4 Å². The minimum Gasteiger partial charge on any atom is -0.454 e. The predicted molar refractivity (Wildman–Crippen MR) is 90.2 cm³/mol. The molecule has 0 fully saturated rings. The smallest absolute Gasteiger partial charge is 0.328 e. The van der Waals surface area contributed by atoms with Crippen molar-refractivity contribution in [2.45, 2.75) is 33.4 Å². The maximum Gasteiger partial charge on any atom is 0.328 e. The van der Waals surface area contributed by atoms with E-state index in [1.54, 1.807) is 0 Å². The third kappa shape index (κ3) is 4.63. The Morgan fingerprint density at radius 2 is 2.20 bits per heavy atom. The van der Waals surface area contributed by atoms with E-state index in [-0.39, 0.29) is 29.7 Å². The van der Waals surface area contributed by atoms with Crippen LogP contribution in [0.15, 0.2) is 17.5 Å². The van der Waals surface area contributed by atoms with Crippen LogP contribution in [-0.2, 0) is 20.9 Å². The van der Waals surface area contributed by atoms with Crippen molar-refractivity contribution in [1.82, 2.24) is 15.1 Å². The monoisotopic (exact) mass is 366 g/mol. The number of thiophene rings is 1. The van der Waals surface area contributed by atoms with Crippen molar-refractivity contribution in [3.05, 3.63) is 43.9 Å². The largest absolute Gasteiger partial charge is 0.454 e. The minimum atomic E-state index is -0.695. The number of amides is 1. The molecule has 1 N–H and O–H groups in total. The summed E-state index contributed by atoms with van der Waals surface area (Å²) in [6.07, 6.45) is 0. The number of nitrogens with zero attached hydrogens (tertiary/aromatic N) is 3. The number of hydrogen-bond acceptors (Lipinski definition) is 7. The number of rotatable bonds is 7. The molecule has 1 amide bonds. The molecule has 2 rings (SSSR count). The Balaban J connectivity index is 1.86. The maximum atomic E-state index is 11.8. The van der Waals surface area contributed by atoms with Crippen LogP contribution in [0, 0.1) is 24.0 Å². The van der Waals surface area contributed by atoms with Gasteiger partial charge in [-0.15, -0.1) is 11.3 Å². The van der Waals surface area contributed by atoms with Crippen LogP contribution in [0.2, 0.25) is 0 Å². The minimum absolute atomic E-state index is 0.129. The number of nitro groups is 1. The second-order valence-corrected chi connectivity index (χ2v) is 6.38. The second-order valence-electron chi connectivity index (χ2n) is 5.40. The van der Waals surface area contributed by atoms with Crippen molar-refractivity contribution in [2.75, 3.05) is 6.61 Å². The van der Waals surface area contributed by atoms with E-state index in [9.17, 15) is 19.7 Å². The number of hydrogen-bond donors (Lipinski definition) is 1. The van der Waals surface area contributed by atoms with Gasteiger partial charge in [0, 0.05) is 4.88 Å². The molecule has 2 aromatic heterocycles. The van der Waals surface area contributed by atoms with Crippen molar-refractivity contribution in [1.29, 1.82) is 0 Å². The Morgan fingerprint density at radius 3 is 2.76 bits per heavy atom. The van der Waals surface area contributed by atoms with E-state index in [0.717, 1.165) is 4.88 Å². The third-order valence-electron chi connectivity index (χ3n) is 3.52. The van der Waals surface area contributed by atoms with Crippen LogP contribution in [-0.4, -0.2) is 33.2 Å². The van der Waals surface area contributed by atoms with Crippen LogP contribution in [0.25, 0.3) is 0 Å². The van der Waals surface area contributed by atoms with Crippen LogP contribution in [0.1, 0.15) is 29.2 Å². The second kappa shape index (κ2) is 7.88. The highest BCUT2D eigenvalue weighted by Crippen LogP contribution is 2.21. The zero-order valence-electron chi connectivity index (χ0n) is 14.0. The van der Waals surface area contributed by atoms with Crippen LogP contribution in [0.5, 0.6) is 0 Å². The van der Waals surface area contributed by atoms with Gasteiger partial charge in [0.2, 0.25) is 0 Å². The summed E-state index contributed by atoms with van der Waals surface area (Å²) in [5.41, 5.74) is 0.350. The summed E-state index contributed by atoms with van der Waals surface area (Å²) in [6, 6.07) is 3.61. The fourth-order valence-electron chi connectivity index (χ4n) is 2.31. The molecular formula is C15H18N4O5S. The molecule has 0 unspecified atom stereocenters. The molecule has 0 saturated carbocycles. The molecule has 134 valence electrons. The molecule has 0 aromatic carbocycles.